The van der Waals surface area contributed by atoms with Gasteiger partial charge in [-0.15, -0.1) is 0 Å². The number of amides is 2. The molecule has 138 valence electrons. The zero-order valence-electron chi connectivity index (χ0n) is 15.4. The van der Waals surface area contributed by atoms with Gasteiger partial charge in [0.25, 0.3) is 0 Å². The van der Waals surface area contributed by atoms with E-state index in [-0.39, 0.29) is 12.1 Å². The summed E-state index contributed by atoms with van der Waals surface area (Å²) in [5.74, 6) is 0.707. The number of carbonyl (C=O) groups is 1. The smallest absolute Gasteiger partial charge is 0.317 e. The highest BCUT2D eigenvalue weighted by atomic mass is 16.5. The van der Waals surface area contributed by atoms with Crippen molar-refractivity contribution in [2.45, 2.75) is 51.1 Å². The molecular weight excluding hydrogens is 316 g/mol. The Morgan fingerprint density at radius 2 is 2.04 bits per heavy atom. The number of hydrogen-bond donors (Lipinski definition) is 1. The fourth-order valence-electron chi connectivity index (χ4n) is 4.05. The second kappa shape index (κ2) is 8.52. The first-order chi connectivity index (χ1) is 12.2. The Balaban J connectivity index is 1.55. The number of pyridine rings is 1. The number of urea groups is 1. The van der Waals surface area contributed by atoms with Gasteiger partial charge in [-0.05, 0) is 32.3 Å². The second-order valence-electron chi connectivity index (χ2n) is 7.10. The number of methoxy groups -OCH3 is 1. The van der Waals surface area contributed by atoms with Gasteiger partial charge < -0.3 is 15.0 Å². The fourth-order valence-corrected chi connectivity index (χ4v) is 4.05. The minimum absolute atomic E-state index is 0.0136. The maximum absolute atomic E-state index is 12.7. The van der Waals surface area contributed by atoms with Crippen molar-refractivity contribution in [3.05, 3.63) is 24.0 Å². The van der Waals surface area contributed by atoms with E-state index in [2.05, 4.69) is 15.2 Å². The molecule has 2 fully saturated rings. The van der Waals surface area contributed by atoms with Crippen molar-refractivity contribution in [1.29, 1.82) is 0 Å². The summed E-state index contributed by atoms with van der Waals surface area (Å²) in [6, 6.07) is 2.54. The van der Waals surface area contributed by atoms with E-state index in [1.165, 1.54) is 25.7 Å². The summed E-state index contributed by atoms with van der Waals surface area (Å²) in [4.78, 5) is 21.3. The van der Waals surface area contributed by atoms with Crippen molar-refractivity contribution >= 4 is 6.03 Å². The molecule has 0 spiro atoms. The SMILES string of the molecule is COc1cnccc1[C@@H](C)NC(=O)N1CCCN(C2CCCC2)CC1. The minimum atomic E-state index is -0.111. The van der Waals surface area contributed by atoms with E-state index in [0.717, 1.165) is 44.2 Å². The average molecular weight is 346 g/mol. The van der Waals surface area contributed by atoms with Crippen LogP contribution in [0.15, 0.2) is 18.5 Å². The normalized spacial score (nSPS) is 21.0. The van der Waals surface area contributed by atoms with Crippen molar-refractivity contribution in [2.24, 2.45) is 0 Å². The summed E-state index contributed by atoms with van der Waals surface area (Å²) < 4.78 is 5.35. The van der Waals surface area contributed by atoms with E-state index >= 15 is 0 Å². The number of ether oxygens (including phenoxy) is 1. The highest BCUT2D eigenvalue weighted by Crippen LogP contribution is 2.25. The Morgan fingerprint density at radius 1 is 1.24 bits per heavy atom. The Bertz CT molecular complexity index is 574. The maximum atomic E-state index is 12.7. The molecule has 1 saturated carbocycles. The van der Waals surface area contributed by atoms with Gasteiger partial charge in [0.15, 0.2) is 0 Å². The van der Waals surface area contributed by atoms with Gasteiger partial charge in [-0.3, -0.25) is 9.88 Å². The van der Waals surface area contributed by atoms with Crippen molar-refractivity contribution in [2.75, 3.05) is 33.3 Å². The van der Waals surface area contributed by atoms with Crippen LogP contribution in [0.4, 0.5) is 4.79 Å². The zero-order chi connectivity index (χ0) is 17.6. The lowest BCUT2D eigenvalue weighted by atomic mass is 10.1. The Kier molecular flexibility index (Phi) is 6.13. The second-order valence-corrected chi connectivity index (χ2v) is 7.10. The first kappa shape index (κ1) is 18.0. The lowest BCUT2D eigenvalue weighted by molar-refractivity contribution is 0.185. The summed E-state index contributed by atoms with van der Waals surface area (Å²) >= 11 is 0. The van der Waals surface area contributed by atoms with Crippen LogP contribution in [-0.4, -0.2) is 60.1 Å². The van der Waals surface area contributed by atoms with Crippen LogP contribution >= 0.6 is 0 Å². The van der Waals surface area contributed by atoms with Crippen LogP contribution in [0, 0.1) is 0 Å². The molecule has 3 rings (SSSR count). The van der Waals surface area contributed by atoms with Crippen LogP contribution < -0.4 is 10.1 Å². The highest BCUT2D eigenvalue weighted by molar-refractivity contribution is 5.74. The third-order valence-electron chi connectivity index (χ3n) is 5.50. The molecule has 6 nitrogen and oxygen atoms in total. The molecule has 1 atom stereocenters. The minimum Gasteiger partial charge on any atom is -0.495 e. The van der Waals surface area contributed by atoms with Crippen LogP contribution in [0.5, 0.6) is 5.75 Å². The van der Waals surface area contributed by atoms with Gasteiger partial charge in [0.05, 0.1) is 19.3 Å². The van der Waals surface area contributed by atoms with Crippen molar-refractivity contribution in [1.82, 2.24) is 20.1 Å². The number of rotatable bonds is 4. The average Bonchev–Trinajstić information content (AvgIpc) is 3.06. The molecule has 0 bridgehead atoms. The zero-order valence-corrected chi connectivity index (χ0v) is 15.4. The molecule has 1 aliphatic carbocycles. The largest absolute Gasteiger partial charge is 0.495 e. The number of nitrogens with zero attached hydrogens (tertiary/aromatic N) is 3. The predicted molar refractivity (Wildman–Crippen MR) is 97.8 cm³/mol. The van der Waals surface area contributed by atoms with E-state index < -0.39 is 0 Å². The quantitative estimate of drug-likeness (QED) is 0.911. The third kappa shape index (κ3) is 4.42. The van der Waals surface area contributed by atoms with Gasteiger partial charge >= 0.3 is 6.03 Å². The molecule has 25 heavy (non-hydrogen) atoms. The number of nitrogens with one attached hydrogen (secondary N) is 1. The van der Waals surface area contributed by atoms with Gasteiger partial charge in [-0.25, -0.2) is 4.79 Å². The monoisotopic (exact) mass is 346 g/mol. The number of carbonyl (C=O) groups excluding carboxylic acids is 1. The summed E-state index contributed by atoms with van der Waals surface area (Å²) in [5, 5.41) is 3.11. The number of hydrogen-bond acceptors (Lipinski definition) is 4. The standard InChI is InChI=1S/C19H30N4O2/c1-15(17-8-9-20-14-18(17)25-2)21-19(24)23-11-5-10-22(12-13-23)16-6-3-4-7-16/h8-9,14-16H,3-7,10-13H2,1-2H3,(H,21,24)/t15-/m1/s1. The van der Waals surface area contributed by atoms with Crippen molar-refractivity contribution < 1.29 is 9.53 Å². The molecule has 0 unspecified atom stereocenters. The van der Waals surface area contributed by atoms with Gasteiger partial charge in [-0.2, -0.15) is 0 Å². The summed E-state index contributed by atoms with van der Waals surface area (Å²) in [5.41, 5.74) is 0.952. The van der Waals surface area contributed by atoms with Gasteiger partial charge in [0, 0.05) is 44.0 Å². The first-order valence-electron chi connectivity index (χ1n) is 9.46. The van der Waals surface area contributed by atoms with Crippen molar-refractivity contribution in [3.8, 4) is 5.75 Å². The van der Waals surface area contributed by atoms with Crippen LogP contribution in [0.1, 0.15) is 50.6 Å². The van der Waals surface area contributed by atoms with E-state index in [4.69, 9.17) is 4.74 Å². The van der Waals surface area contributed by atoms with Crippen molar-refractivity contribution in [3.63, 3.8) is 0 Å². The molecule has 0 aromatic carbocycles. The predicted octanol–water partition coefficient (Wildman–Crippen LogP) is 2.81. The summed E-state index contributed by atoms with van der Waals surface area (Å²) in [6.45, 7) is 5.73. The highest BCUT2D eigenvalue weighted by Gasteiger charge is 2.26. The van der Waals surface area contributed by atoms with Crippen LogP contribution in [0.3, 0.4) is 0 Å². The molecule has 1 N–H and O–H groups in total. The van der Waals surface area contributed by atoms with E-state index in [1.807, 2.05) is 17.9 Å². The summed E-state index contributed by atoms with van der Waals surface area (Å²) in [6.07, 6.45) is 9.83. The topological polar surface area (TPSA) is 57.7 Å². The lowest BCUT2D eigenvalue weighted by Gasteiger charge is -2.27. The van der Waals surface area contributed by atoms with E-state index in [0.29, 0.717) is 5.75 Å². The molecule has 1 aromatic heterocycles. The van der Waals surface area contributed by atoms with E-state index in [9.17, 15) is 4.79 Å². The summed E-state index contributed by atoms with van der Waals surface area (Å²) in [7, 11) is 1.63. The van der Waals surface area contributed by atoms with Gasteiger partial charge in [0.1, 0.15) is 5.75 Å². The fraction of sp³-hybridized carbons (Fsp3) is 0.684. The lowest BCUT2D eigenvalue weighted by Crippen LogP contribution is -2.43. The molecule has 1 saturated heterocycles. The van der Waals surface area contributed by atoms with Crippen LogP contribution in [0.2, 0.25) is 0 Å². The molecular formula is C19H30N4O2. The number of aromatic nitrogens is 1. The molecule has 2 aliphatic rings. The Labute approximate surface area is 150 Å². The Morgan fingerprint density at radius 3 is 2.80 bits per heavy atom. The van der Waals surface area contributed by atoms with E-state index in [1.54, 1.807) is 19.5 Å². The van der Waals surface area contributed by atoms with Gasteiger partial charge in [-0.1, -0.05) is 12.8 Å². The third-order valence-corrected chi connectivity index (χ3v) is 5.50. The van der Waals surface area contributed by atoms with Crippen LogP contribution in [-0.2, 0) is 0 Å². The Hall–Kier alpha value is -1.82. The first-order valence-corrected chi connectivity index (χ1v) is 9.46. The molecule has 1 aromatic rings. The molecule has 6 heteroatoms. The van der Waals surface area contributed by atoms with Gasteiger partial charge in [0.2, 0.25) is 0 Å². The molecule has 2 amide bonds. The maximum Gasteiger partial charge on any atom is 0.317 e. The van der Waals surface area contributed by atoms with Crippen LogP contribution in [0.25, 0.3) is 0 Å². The molecule has 2 heterocycles. The molecule has 0 radical (unpaired) electrons. The molecule has 1 aliphatic heterocycles.